The van der Waals surface area contributed by atoms with Crippen LogP contribution in [0.25, 0.3) is 0 Å². The largest absolute Gasteiger partial charge is 0.399 e. The summed E-state index contributed by atoms with van der Waals surface area (Å²) < 4.78 is 0. The molecule has 17 heavy (non-hydrogen) atoms. The molecular weight excluding hydrogens is 232 g/mol. The highest BCUT2D eigenvalue weighted by Crippen LogP contribution is 2.27. The Labute approximate surface area is 106 Å². The van der Waals surface area contributed by atoms with Crippen LogP contribution in [0.15, 0.2) is 36.4 Å². The fourth-order valence-electron chi connectivity index (χ4n) is 1.63. The Morgan fingerprint density at radius 3 is 2.47 bits per heavy atom. The van der Waals surface area contributed by atoms with Crippen molar-refractivity contribution in [2.24, 2.45) is 0 Å². The average Bonchev–Trinajstić information content (AvgIpc) is 2.27. The highest BCUT2D eigenvalue weighted by molar-refractivity contribution is 6.33. The van der Waals surface area contributed by atoms with Crippen LogP contribution in [0.3, 0.4) is 0 Å². The Morgan fingerprint density at radius 1 is 1.06 bits per heavy atom. The lowest BCUT2D eigenvalue weighted by Gasteiger charge is -2.10. The van der Waals surface area contributed by atoms with Crippen molar-refractivity contribution >= 4 is 28.7 Å². The average molecular weight is 247 g/mol. The van der Waals surface area contributed by atoms with Gasteiger partial charge in [0.05, 0.1) is 10.7 Å². The molecule has 88 valence electrons. The number of nitrogen functional groups attached to an aromatic ring is 1. The van der Waals surface area contributed by atoms with Gasteiger partial charge in [-0.2, -0.15) is 0 Å². The van der Waals surface area contributed by atoms with E-state index in [1.54, 1.807) is 0 Å². The van der Waals surface area contributed by atoms with Gasteiger partial charge in [-0.1, -0.05) is 17.7 Å². The summed E-state index contributed by atoms with van der Waals surface area (Å²) in [6, 6.07) is 11.8. The first-order chi connectivity index (χ1) is 8.06. The molecule has 2 aromatic carbocycles. The molecule has 3 N–H and O–H groups in total. The van der Waals surface area contributed by atoms with E-state index in [4.69, 9.17) is 17.3 Å². The predicted octanol–water partition coefficient (Wildman–Crippen LogP) is 4.28. The maximum atomic E-state index is 6.16. The molecule has 0 aliphatic rings. The zero-order valence-electron chi connectivity index (χ0n) is 9.92. The van der Waals surface area contributed by atoms with Gasteiger partial charge in [0, 0.05) is 11.4 Å². The summed E-state index contributed by atoms with van der Waals surface area (Å²) in [6.45, 7) is 4.00. The van der Waals surface area contributed by atoms with Crippen molar-refractivity contribution < 1.29 is 0 Å². The topological polar surface area (TPSA) is 38.0 Å². The number of benzene rings is 2. The molecule has 3 heteroatoms. The molecule has 0 unspecified atom stereocenters. The van der Waals surface area contributed by atoms with Crippen LogP contribution in [-0.4, -0.2) is 0 Å². The second kappa shape index (κ2) is 4.68. The van der Waals surface area contributed by atoms with Crippen molar-refractivity contribution in [3.63, 3.8) is 0 Å². The molecule has 0 atom stereocenters. The van der Waals surface area contributed by atoms with Crippen LogP contribution in [-0.2, 0) is 0 Å². The number of aryl methyl sites for hydroxylation is 2. The molecule has 0 fully saturated rings. The molecule has 0 spiro atoms. The van der Waals surface area contributed by atoms with Crippen molar-refractivity contribution in [1.29, 1.82) is 0 Å². The predicted molar refractivity (Wildman–Crippen MR) is 75.1 cm³/mol. The third-order valence-corrected chi connectivity index (χ3v) is 2.99. The lowest BCUT2D eigenvalue weighted by molar-refractivity contribution is 1.43. The van der Waals surface area contributed by atoms with Crippen molar-refractivity contribution in [3.8, 4) is 0 Å². The van der Waals surface area contributed by atoms with Crippen LogP contribution < -0.4 is 11.1 Å². The van der Waals surface area contributed by atoms with Gasteiger partial charge in [0.25, 0.3) is 0 Å². The molecular formula is C14H15ClN2. The summed E-state index contributed by atoms with van der Waals surface area (Å²) in [5.74, 6) is 0. The molecule has 0 saturated heterocycles. The van der Waals surface area contributed by atoms with Crippen LogP contribution in [0, 0.1) is 13.8 Å². The summed E-state index contributed by atoms with van der Waals surface area (Å²) in [6.07, 6.45) is 0. The van der Waals surface area contributed by atoms with Crippen LogP contribution in [0.1, 0.15) is 11.1 Å². The molecule has 0 saturated carbocycles. The molecule has 0 aliphatic heterocycles. The van der Waals surface area contributed by atoms with E-state index in [1.807, 2.05) is 50.2 Å². The first-order valence-electron chi connectivity index (χ1n) is 5.45. The van der Waals surface area contributed by atoms with E-state index < -0.39 is 0 Å². The highest BCUT2D eigenvalue weighted by Gasteiger charge is 2.02. The first kappa shape index (κ1) is 11.8. The van der Waals surface area contributed by atoms with Gasteiger partial charge in [-0.3, -0.25) is 0 Å². The molecule has 2 aromatic rings. The maximum Gasteiger partial charge on any atom is 0.0643 e. The Hall–Kier alpha value is -1.67. The molecule has 0 bridgehead atoms. The van der Waals surface area contributed by atoms with E-state index in [-0.39, 0.29) is 0 Å². The van der Waals surface area contributed by atoms with Gasteiger partial charge in [0.1, 0.15) is 0 Å². The molecule has 0 heterocycles. The number of hydrogen-bond acceptors (Lipinski definition) is 2. The van der Waals surface area contributed by atoms with Gasteiger partial charge in [0.15, 0.2) is 0 Å². The second-order valence-corrected chi connectivity index (χ2v) is 4.59. The van der Waals surface area contributed by atoms with Crippen LogP contribution in [0.5, 0.6) is 0 Å². The van der Waals surface area contributed by atoms with Crippen molar-refractivity contribution in [2.45, 2.75) is 13.8 Å². The van der Waals surface area contributed by atoms with Gasteiger partial charge in [-0.05, 0) is 55.3 Å². The van der Waals surface area contributed by atoms with Gasteiger partial charge in [-0.15, -0.1) is 0 Å². The Kier molecular flexibility index (Phi) is 3.25. The molecule has 2 rings (SSSR count). The molecule has 2 nitrogen and oxygen atoms in total. The van der Waals surface area contributed by atoms with E-state index in [9.17, 15) is 0 Å². The smallest absolute Gasteiger partial charge is 0.0643 e. The maximum absolute atomic E-state index is 6.16. The number of hydrogen-bond donors (Lipinski definition) is 2. The molecule has 0 aliphatic carbocycles. The van der Waals surface area contributed by atoms with E-state index in [0.717, 1.165) is 33.2 Å². The van der Waals surface area contributed by atoms with Crippen LogP contribution in [0.2, 0.25) is 5.02 Å². The minimum atomic E-state index is 0.722. The van der Waals surface area contributed by atoms with E-state index in [2.05, 4.69) is 5.32 Å². The van der Waals surface area contributed by atoms with Gasteiger partial charge >= 0.3 is 0 Å². The number of nitrogens with one attached hydrogen (secondary N) is 1. The quantitative estimate of drug-likeness (QED) is 0.776. The Balaban J connectivity index is 2.28. The molecule has 0 aromatic heterocycles. The zero-order chi connectivity index (χ0) is 12.4. The fraction of sp³-hybridized carbons (Fsp3) is 0.143. The zero-order valence-corrected chi connectivity index (χ0v) is 10.7. The fourth-order valence-corrected chi connectivity index (χ4v) is 1.91. The standard InChI is InChI=1S/C14H15ClN2/c1-9-3-6-14(12(15)7-9)17-11-4-5-13(16)10(2)8-11/h3-8,17H,16H2,1-2H3. The summed E-state index contributed by atoms with van der Waals surface area (Å²) in [7, 11) is 0. The van der Waals surface area contributed by atoms with Gasteiger partial charge in [0.2, 0.25) is 0 Å². The van der Waals surface area contributed by atoms with Crippen molar-refractivity contribution in [2.75, 3.05) is 11.1 Å². The summed E-state index contributed by atoms with van der Waals surface area (Å²) >= 11 is 6.16. The van der Waals surface area contributed by atoms with Gasteiger partial charge in [-0.25, -0.2) is 0 Å². The third kappa shape index (κ3) is 2.71. The lowest BCUT2D eigenvalue weighted by atomic mass is 10.1. The summed E-state index contributed by atoms with van der Waals surface area (Å²) in [5, 5.41) is 4.00. The Morgan fingerprint density at radius 2 is 1.82 bits per heavy atom. The SMILES string of the molecule is Cc1ccc(Nc2ccc(N)c(C)c2)c(Cl)c1. The monoisotopic (exact) mass is 246 g/mol. The molecule has 0 amide bonds. The second-order valence-electron chi connectivity index (χ2n) is 4.18. The normalized spacial score (nSPS) is 10.3. The third-order valence-electron chi connectivity index (χ3n) is 2.67. The lowest BCUT2D eigenvalue weighted by Crippen LogP contribution is -1.94. The van der Waals surface area contributed by atoms with E-state index in [0.29, 0.717) is 0 Å². The minimum Gasteiger partial charge on any atom is -0.399 e. The first-order valence-corrected chi connectivity index (χ1v) is 5.83. The van der Waals surface area contributed by atoms with Gasteiger partial charge < -0.3 is 11.1 Å². The molecule has 0 radical (unpaired) electrons. The summed E-state index contributed by atoms with van der Waals surface area (Å²) in [5.41, 5.74) is 10.7. The van der Waals surface area contributed by atoms with Crippen molar-refractivity contribution in [3.05, 3.63) is 52.5 Å². The van der Waals surface area contributed by atoms with E-state index in [1.165, 1.54) is 0 Å². The summed E-state index contributed by atoms with van der Waals surface area (Å²) in [4.78, 5) is 0. The van der Waals surface area contributed by atoms with Crippen molar-refractivity contribution in [1.82, 2.24) is 0 Å². The van der Waals surface area contributed by atoms with E-state index >= 15 is 0 Å². The minimum absolute atomic E-state index is 0.722. The number of halogens is 1. The van der Waals surface area contributed by atoms with Crippen LogP contribution >= 0.6 is 11.6 Å². The Bertz CT molecular complexity index is 550. The number of nitrogens with two attached hydrogens (primary N) is 1. The van der Waals surface area contributed by atoms with Crippen LogP contribution in [0.4, 0.5) is 17.1 Å². The highest BCUT2D eigenvalue weighted by atomic mass is 35.5. The number of rotatable bonds is 2. The number of anilines is 3.